The van der Waals surface area contributed by atoms with Gasteiger partial charge in [-0.1, -0.05) is 11.8 Å². The van der Waals surface area contributed by atoms with Gasteiger partial charge in [0.15, 0.2) is 0 Å². The molecule has 0 spiro atoms. The molecule has 0 fully saturated rings. The van der Waals surface area contributed by atoms with Crippen molar-refractivity contribution in [1.29, 1.82) is 0 Å². The summed E-state index contributed by atoms with van der Waals surface area (Å²) in [7, 11) is 0. The SMILES string of the molecule is Cc1nc2nc(SCC(=O)Nc3ccnn3C(C)C)nn2c(C)c1C. The van der Waals surface area contributed by atoms with Gasteiger partial charge in [-0.05, 0) is 40.2 Å². The van der Waals surface area contributed by atoms with E-state index in [2.05, 4.69) is 25.5 Å². The first-order chi connectivity index (χ1) is 11.9. The lowest BCUT2D eigenvalue weighted by molar-refractivity contribution is -0.113. The van der Waals surface area contributed by atoms with Gasteiger partial charge in [0.25, 0.3) is 5.78 Å². The fourth-order valence-electron chi connectivity index (χ4n) is 2.43. The van der Waals surface area contributed by atoms with Gasteiger partial charge >= 0.3 is 0 Å². The van der Waals surface area contributed by atoms with Gasteiger partial charge in [-0.2, -0.15) is 10.1 Å². The molecule has 0 aliphatic carbocycles. The second-order valence-corrected chi connectivity index (χ2v) is 7.05. The number of thioether (sulfide) groups is 1. The first-order valence-electron chi connectivity index (χ1n) is 8.03. The molecule has 3 heterocycles. The van der Waals surface area contributed by atoms with Crippen LogP contribution in [0.3, 0.4) is 0 Å². The molecule has 0 radical (unpaired) electrons. The maximum absolute atomic E-state index is 12.2. The molecule has 0 aliphatic heterocycles. The molecule has 9 heteroatoms. The van der Waals surface area contributed by atoms with Crippen molar-refractivity contribution >= 4 is 29.3 Å². The summed E-state index contributed by atoms with van der Waals surface area (Å²) in [6.07, 6.45) is 1.67. The number of aromatic nitrogens is 6. The number of aryl methyl sites for hydroxylation is 2. The Kier molecular flexibility index (Phi) is 4.76. The summed E-state index contributed by atoms with van der Waals surface area (Å²) in [4.78, 5) is 21.0. The molecule has 25 heavy (non-hydrogen) atoms. The van der Waals surface area contributed by atoms with Crippen LogP contribution in [0.1, 0.15) is 36.8 Å². The van der Waals surface area contributed by atoms with Gasteiger partial charge in [-0.3, -0.25) is 4.79 Å². The minimum atomic E-state index is -0.122. The predicted octanol–water partition coefficient (Wildman–Crippen LogP) is 2.56. The number of amides is 1. The Morgan fingerprint density at radius 3 is 2.76 bits per heavy atom. The summed E-state index contributed by atoms with van der Waals surface area (Å²) in [6.45, 7) is 9.97. The highest BCUT2D eigenvalue weighted by molar-refractivity contribution is 7.99. The Balaban J connectivity index is 1.69. The second kappa shape index (κ2) is 6.83. The summed E-state index contributed by atoms with van der Waals surface area (Å²) in [6, 6.07) is 1.96. The lowest BCUT2D eigenvalue weighted by Crippen LogP contribution is -2.18. The number of carbonyl (C=O) groups excluding carboxylic acids is 1. The number of hydrogen-bond donors (Lipinski definition) is 1. The fourth-order valence-corrected chi connectivity index (χ4v) is 3.05. The van der Waals surface area contributed by atoms with Crippen LogP contribution >= 0.6 is 11.8 Å². The van der Waals surface area contributed by atoms with E-state index in [4.69, 9.17) is 0 Å². The molecule has 0 unspecified atom stereocenters. The molecular formula is C16H21N7OS. The lowest BCUT2D eigenvalue weighted by atomic mass is 10.2. The fraction of sp³-hybridized carbons (Fsp3) is 0.438. The number of rotatable bonds is 5. The molecule has 0 aromatic carbocycles. The van der Waals surface area contributed by atoms with Gasteiger partial charge in [0.1, 0.15) is 5.82 Å². The first-order valence-corrected chi connectivity index (χ1v) is 9.02. The maximum atomic E-state index is 12.2. The van der Waals surface area contributed by atoms with E-state index in [0.717, 1.165) is 17.0 Å². The van der Waals surface area contributed by atoms with Gasteiger partial charge in [0, 0.05) is 23.5 Å². The van der Waals surface area contributed by atoms with Gasteiger partial charge in [0.05, 0.1) is 11.9 Å². The summed E-state index contributed by atoms with van der Waals surface area (Å²) < 4.78 is 3.49. The third kappa shape index (κ3) is 3.51. The summed E-state index contributed by atoms with van der Waals surface area (Å²) in [5.41, 5.74) is 3.04. The maximum Gasteiger partial charge on any atom is 0.253 e. The van der Waals surface area contributed by atoms with E-state index in [-0.39, 0.29) is 17.7 Å². The molecule has 1 amide bonds. The standard InChI is InChI=1S/C16H21N7OS/c1-9(2)22-13(6-7-17-22)19-14(24)8-25-16-20-15-18-11(4)10(3)12(5)23(15)21-16/h6-7,9H,8H2,1-5H3,(H,19,24). The van der Waals surface area contributed by atoms with Crippen LogP contribution in [0, 0.1) is 20.8 Å². The van der Waals surface area contributed by atoms with Crippen molar-refractivity contribution in [3.8, 4) is 0 Å². The van der Waals surface area contributed by atoms with Crippen molar-refractivity contribution in [2.75, 3.05) is 11.1 Å². The number of nitrogens with zero attached hydrogens (tertiary/aromatic N) is 6. The summed E-state index contributed by atoms with van der Waals surface area (Å²) >= 11 is 1.29. The minimum Gasteiger partial charge on any atom is -0.310 e. The van der Waals surface area contributed by atoms with Crippen molar-refractivity contribution in [3.63, 3.8) is 0 Å². The van der Waals surface area contributed by atoms with Crippen LogP contribution in [0.5, 0.6) is 0 Å². The second-order valence-electron chi connectivity index (χ2n) is 6.11. The van der Waals surface area contributed by atoms with E-state index < -0.39 is 0 Å². The lowest BCUT2D eigenvalue weighted by Gasteiger charge is -2.11. The zero-order valence-electron chi connectivity index (χ0n) is 14.9. The molecule has 0 atom stereocenters. The first kappa shape index (κ1) is 17.4. The molecule has 0 saturated heterocycles. The molecule has 8 nitrogen and oxygen atoms in total. The normalized spacial score (nSPS) is 11.4. The molecule has 132 valence electrons. The van der Waals surface area contributed by atoms with Crippen LogP contribution in [0.25, 0.3) is 5.78 Å². The third-order valence-corrected chi connectivity index (χ3v) is 4.84. The Morgan fingerprint density at radius 1 is 1.28 bits per heavy atom. The Labute approximate surface area is 150 Å². The smallest absolute Gasteiger partial charge is 0.253 e. The average molecular weight is 359 g/mol. The van der Waals surface area contributed by atoms with Crippen molar-refractivity contribution in [1.82, 2.24) is 29.4 Å². The molecule has 0 bridgehead atoms. The highest BCUT2D eigenvalue weighted by Crippen LogP contribution is 2.18. The Morgan fingerprint density at radius 2 is 2.04 bits per heavy atom. The van der Waals surface area contributed by atoms with Crippen molar-refractivity contribution in [3.05, 3.63) is 29.2 Å². The van der Waals surface area contributed by atoms with Crippen LogP contribution in [0.4, 0.5) is 5.82 Å². The quantitative estimate of drug-likeness (QED) is 0.704. The highest BCUT2D eigenvalue weighted by Gasteiger charge is 2.14. The van der Waals surface area contributed by atoms with E-state index in [1.807, 2.05) is 34.6 Å². The van der Waals surface area contributed by atoms with Crippen molar-refractivity contribution < 1.29 is 4.79 Å². The molecule has 3 rings (SSSR count). The van der Waals surface area contributed by atoms with Crippen LogP contribution in [0.2, 0.25) is 0 Å². The van der Waals surface area contributed by atoms with Crippen LogP contribution < -0.4 is 5.32 Å². The van der Waals surface area contributed by atoms with Crippen molar-refractivity contribution in [2.24, 2.45) is 0 Å². The zero-order valence-corrected chi connectivity index (χ0v) is 15.8. The zero-order chi connectivity index (χ0) is 18.1. The summed E-state index contributed by atoms with van der Waals surface area (Å²) in [5.74, 6) is 1.34. The van der Waals surface area contributed by atoms with Crippen LogP contribution in [-0.4, -0.2) is 41.0 Å². The van der Waals surface area contributed by atoms with Gasteiger partial charge in [-0.15, -0.1) is 5.10 Å². The van der Waals surface area contributed by atoms with Gasteiger partial charge in [0.2, 0.25) is 11.1 Å². The number of nitrogens with one attached hydrogen (secondary N) is 1. The number of hydrogen-bond acceptors (Lipinski definition) is 6. The molecule has 0 aliphatic rings. The number of fused-ring (bicyclic) bond motifs is 1. The number of anilines is 1. The topological polar surface area (TPSA) is 90.0 Å². The van der Waals surface area contributed by atoms with E-state index in [0.29, 0.717) is 16.8 Å². The van der Waals surface area contributed by atoms with Crippen LogP contribution in [-0.2, 0) is 4.79 Å². The molecule has 0 saturated carbocycles. The number of carbonyl (C=O) groups is 1. The third-order valence-electron chi connectivity index (χ3n) is 4.00. The molecule has 3 aromatic heterocycles. The van der Waals surface area contributed by atoms with E-state index in [1.165, 1.54) is 11.8 Å². The van der Waals surface area contributed by atoms with E-state index in [1.54, 1.807) is 21.5 Å². The minimum absolute atomic E-state index is 0.122. The largest absolute Gasteiger partial charge is 0.310 e. The van der Waals surface area contributed by atoms with E-state index >= 15 is 0 Å². The van der Waals surface area contributed by atoms with E-state index in [9.17, 15) is 4.79 Å². The summed E-state index contributed by atoms with van der Waals surface area (Å²) in [5, 5.41) is 12.0. The average Bonchev–Trinajstić information content (AvgIpc) is 3.17. The Hall–Kier alpha value is -2.42. The van der Waals surface area contributed by atoms with Gasteiger partial charge < -0.3 is 5.32 Å². The van der Waals surface area contributed by atoms with Gasteiger partial charge in [-0.25, -0.2) is 14.2 Å². The molecular weight excluding hydrogens is 338 g/mol. The monoisotopic (exact) mass is 359 g/mol. The van der Waals surface area contributed by atoms with Crippen LogP contribution in [0.15, 0.2) is 17.4 Å². The molecule has 3 aromatic rings. The Bertz CT molecular complexity index is 928. The highest BCUT2D eigenvalue weighted by atomic mass is 32.2. The predicted molar refractivity (Wildman–Crippen MR) is 97.0 cm³/mol. The molecule has 1 N–H and O–H groups in total. The van der Waals surface area contributed by atoms with Crippen molar-refractivity contribution in [2.45, 2.75) is 45.8 Å².